The SMILES string of the molecule is CC1CC1NCC(=O)NCc1ccccc1. The molecule has 1 aromatic rings. The Balaban J connectivity index is 1.64. The van der Waals surface area contributed by atoms with E-state index in [0.717, 1.165) is 11.5 Å². The van der Waals surface area contributed by atoms with Gasteiger partial charge < -0.3 is 10.6 Å². The van der Waals surface area contributed by atoms with Crippen LogP contribution in [0.25, 0.3) is 0 Å². The van der Waals surface area contributed by atoms with Crippen molar-refractivity contribution in [3.05, 3.63) is 35.9 Å². The van der Waals surface area contributed by atoms with E-state index in [1.807, 2.05) is 30.3 Å². The van der Waals surface area contributed by atoms with Crippen LogP contribution in [0.4, 0.5) is 0 Å². The maximum Gasteiger partial charge on any atom is 0.234 e. The van der Waals surface area contributed by atoms with Crippen LogP contribution in [-0.4, -0.2) is 18.5 Å². The van der Waals surface area contributed by atoms with Gasteiger partial charge in [0.2, 0.25) is 5.91 Å². The Morgan fingerprint density at radius 1 is 1.38 bits per heavy atom. The molecule has 16 heavy (non-hydrogen) atoms. The van der Waals surface area contributed by atoms with Gasteiger partial charge in [-0.05, 0) is 17.9 Å². The molecule has 1 aliphatic rings. The lowest BCUT2D eigenvalue weighted by molar-refractivity contribution is -0.120. The Kier molecular flexibility index (Phi) is 3.57. The number of nitrogens with one attached hydrogen (secondary N) is 2. The van der Waals surface area contributed by atoms with Crippen LogP contribution in [0, 0.1) is 5.92 Å². The lowest BCUT2D eigenvalue weighted by Gasteiger charge is -2.06. The Hall–Kier alpha value is -1.35. The minimum absolute atomic E-state index is 0.0722. The quantitative estimate of drug-likeness (QED) is 0.782. The second-order valence-corrected chi connectivity index (χ2v) is 4.46. The van der Waals surface area contributed by atoms with E-state index < -0.39 is 0 Å². The van der Waals surface area contributed by atoms with Gasteiger partial charge in [0.1, 0.15) is 0 Å². The van der Waals surface area contributed by atoms with Crippen molar-refractivity contribution >= 4 is 5.91 Å². The van der Waals surface area contributed by atoms with Crippen LogP contribution in [-0.2, 0) is 11.3 Å². The molecule has 2 atom stereocenters. The minimum atomic E-state index is 0.0722. The van der Waals surface area contributed by atoms with E-state index in [1.54, 1.807) is 0 Å². The largest absolute Gasteiger partial charge is 0.351 e. The average Bonchev–Trinajstić information content (AvgIpc) is 3.01. The summed E-state index contributed by atoms with van der Waals surface area (Å²) in [6.07, 6.45) is 1.20. The standard InChI is InChI=1S/C13H18N2O/c1-10-7-12(10)14-9-13(16)15-8-11-5-3-2-4-6-11/h2-6,10,12,14H,7-9H2,1H3,(H,15,16). The highest BCUT2D eigenvalue weighted by Gasteiger charge is 2.31. The highest BCUT2D eigenvalue weighted by atomic mass is 16.1. The van der Waals surface area contributed by atoms with Crippen molar-refractivity contribution in [2.24, 2.45) is 5.92 Å². The lowest BCUT2D eigenvalue weighted by Crippen LogP contribution is -2.34. The highest BCUT2D eigenvalue weighted by Crippen LogP contribution is 2.28. The van der Waals surface area contributed by atoms with Gasteiger partial charge in [-0.3, -0.25) is 4.79 Å². The van der Waals surface area contributed by atoms with Crippen molar-refractivity contribution < 1.29 is 4.79 Å². The van der Waals surface area contributed by atoms with Crippen molar-refractivity contribution in [3.8, 4) is 0 Å². The molecule has 0 saturated heterocycles. The molecule has 0 radical (unpaired) electrons. The zero-order chi connectivity index (χ0) is 11.4. The number of rotatable bonds is 5. The molecule has 1 fully saturated rings. The first-order chi connectivity index (χ1) is 7.75. The van der Waals surface area contributed by atoms with Gasteiger partial charge in [-0.15, -0.1) is 0 Å². The zero-order valence-electron chi connectivity index (χ0n) is 9.57. The van der Waals surface area contributed by atoms with Crippen LogP contribution < -0.4 is 10.6 Å². The summed E-state index contributed by atoms with van der Waals surface area (Å²) in [6, 6.07) is 10.5. The van der Waals surface area contributed by atoms with Crippen LogP contribution in [0.3, 0.4) is 0 Å². The molecule has 86 valence electrons. The fraction of sp³-hybridized carbons (Fsp3) is 0.462. The topological polar surface area (TPSA) is 41.1 Å². The molecule has 0 spiro atoms. The monoisotopic (exact) mass is 218 g/mol. The number of benzene rings is 1. The maximum absolute atomic E-state index is 11.5. The molecule has 2 unspecified atom stereocenters. The minimum Gasteiger partial charge on any atom is -0.351 e. The summed E-state index contributed by atoms with van der Waals surface area (Å²) in [5.41, 5.74) is 1.13. The fourth-order valence-electron chi connectivity index (χ4n) is 1.69. The Labute approximate surface area is 96.2 Å². The van der Waals surface area contributed by atoms with Crippen LogP contribution in [0.5, 0.6) is 0 Å². The van der Waals surface area contributed by atoms with E-state index in [0.29, 0.717) is 19.1 Å². The maximum atomic E-state index is 11.5. The van der Waals surface area contributed by atoms with Crippen LogP contribution in [0.1, 0.15) is 18.9 Å². The zero-order valence-corrected chi connectivity index (χ0v) is 9.57. The molecule has 0 aliphatic heterocycles. The Bertz CT molecular complexity index is 350. The van der Waals surface area contributed by atoms with Crippen molar-refractivity contribution in [1.82, 2.24) is 10.6 Å². The van der Waals surface area contributed by atoms with Gasteiger partial charge in [0, 0.05) is 12.6 Å². The summed E-state index contributed by atoms with van der Waals surface area (Å²) in [5, 5.41) is 6.13. The van der Waals surface area contributed by atoms with Crippen LogP contribution >= 0.6 is 0 Å². The molecule has 1 saturated carbocycles. The first kappa shape index (κ1) is 11.1. The van der Waals surface area contributed by atoms with Gasteiger partial charge in [-0.2, -0.15) is 0 Å². The number of amides is 1. The number of carbonyl (C=O) groups is 1. The second kappa shape index (κ2) is 5.12. The summed E-state index contributed by atoms with van der Waals surface area (Å²) in [4.78, 5) is 11.5. The molecule has 3 nitrogen and oxygen atoms in total. The van der Waals surface area contributed by atoms with Gasteiger partial charge in [-0.1, -0.05) is 37.3 Å². The summed E-state index contributed by atoms with van der Waals surface area (Å²) >= 11 is 0. The third-order valence-electron chi connectivity index (χ3n) is 2.97. The second-order valence-electron chi connectivity index (χ2n) is 4.46. The summed E-state index contributed by atoms with van der Waals surface area (Å²) in [5.74, 6) is 0.810. The normalized spacial score (nSPS) is 22.8. The van der Waals surface area contributed by atoms with Gasteiger partial charge in [0.05, 0.1) is 6.54 Å². The Morgan fingerprint density at radius 3 is 2.69 bits per heavy atom. The summed E-state index contributed by atoms with van der Waals surface area (Å²) in [7, 11) is 0. The highest BCUT2D eigenvalue weighted by molar-refractivity contribution is 5.78. The Morgan fingerprint density at radius 2 is 2.06 bits per heavy atom. The molecule has 2 N–H and O–H groups in total. The van der Waals surface area contributed by atoms with Crippen molar-refractivity contribution in [2.75, 3.05) is 6.54 Å². The molecule has 0 heterocycles. The van der Waals surface area contributed by atoms with Gasteiger partial charge >= 0.3 is 0 Å². The number of carbonyl (C=O) groups excluding carboxylic acids is 1. The molecule has 0 bridgehead atoms. The summed E-state index contributed by atoms with van der Waals surface area (Å²) < 4.78 is 0. The summed E-state index contributed by atoms with van der Waals surface area (Å²) in [6.45, 7) is 3.24. The third kappa shape index (κ3) is 3.35. The van der Waals surface area contributed by atoms with Gasteiger partial charge in [0.15, 0.2) is 0 Å². The first-order valence-electron chi connectivity index (χ1n) is 5.79. The first-order valence-corrected chi connectivity index (χ1v) is 5.79. The van der Waals surface area contributed by atoms with E-state index in [2.05, 4.69) is 17.6 Å². The van der Waals surface area contributed by atoms with E-state index in [1.165, 1.54) is 6.42 Å². The van der Waals surface area contributed by atoms with Gasteiger partial charge in [0.25, 0.3) is 0 Å². The van der Waals surface area contributed by atoms with Crippen molar-refractivity contribution in [2.45, 2.75) is 25.9 Å². The van der Waals surface area contributed by atoms with E-state index in [-0.39, 0.29) is 5.91 Å². The predicted molar refractivity (Wildman–Crippen MR) is 63.9 cm³/mol. The van der Waals surface area contributed by atoms with Crippen LogP contribution in [0.15, 0.2) is 30.3 Å². The molecule has 1 aliphatic carbocycles. The molecule has 0 aromatic heterocycles. The van der Waals surface area contributed by atoms with E-state index >= 15 is 0 Å². The molecular weight excluding hydrogens is 200 g/mol. The molecule has 1 amide bonds. The van der Waals surface area contributed by atoms with Gasteiger partial charge in [-0.25, -0.2) is 0 Å². The van der Waals surface area contributed by atoms with Crippen molar-refractivity contribution in [1.29, 1.82) is 0 Å². The third-order valence-corrected chi connectivity index (χ3v) is 2.97. The van der Waals surface area contributed by atoms with Crippen molar-refractivity contribution in [3.63, 3.8) is 0 Å². The van der Waals surface area contributed by atoms with E-state index in [4.69, 9.17) is 0 Å². The molecular formula is C13H18N2O. The average molecular weight is 218 g/mol. The predicted octanol–water partition coefficient (Wildman–Crippen LogP) is 1.30. The molecule has 3 heteroatoms. The number of hydrogen-bond acceptors (Lipinski definition) is 2. The van der Waals surface area contributed by atoms with E-state index in [9.17, 15) is 4.79 Å². The lowest BCUT2D eigenvalue weighted by atomic mass is 10.2. The molecule has 2 rings (SSSR count). The number of hydrogen-bond donors (Lipinski definition) is 2. The van der Waals surface area contributed by atoms with Crippen LogP contribution in [0.2, 0.25) is 0 Å². The molecule has 1 aromatic carbocycles. The smallest absolute Gasteiger partial charge is 0.234 e. The fourth-order valence-corrected chi connectivity index (χ4v) is 1.69.